The second-order valence-corrected chi connectivity index (χ2v) is 6.50. The quantitative estimate of drug-likeness (QED) is 0.635. The van der Waals surface area contributed by atoms with Crippen LogP contribution in [0.3, 0.4) is 0 Å². The highest BCUT2D eigenvalue weighted by Crippen LogP contribution is 2.27. The first-order valence-electron chi connectivity index (χ1n) is 8.20. The molecule has 1 aromatic heterocycles. The van der Waals surface area contributed by atoms with Crippen molar-refractivity contribution >= 4 is 0 Å². The Morgan fingerprint density at radius 2 is 1.76 bits per heavy atom. The zero-order valence-corrected chi connectivity index (χ0v) is 14.5. The van der Waals surface area contributed by atoms with Crippen LogP contribution >= 0.6 is 0 Å². The summed E-state index contributed by atoms with van der Waals surface area (Å²) in [5.74, 6) is 6.90. The maximum absolute atomic E-state index is 13.2. The monoisotopic (exact) mass is 334 g/mol. The SMILES string of the molecule is CCC(C)(C)c1nc(-c2ccc(C#Cc3cccc(F)c3)cc2)no1. The van der Waals surface area contributed by atoms with E-state index in [1.54, 1.807) is 12.1 Å². The van der Waals surface area contributed by atoms with Crippen molar-refractivity contribution in [3.8, 4) is 23.2 Å². The third-order valence-electron chi connectivity index (χ3n) is 4.21. The van der Waals surface area contributed by atoms with E-state index in [2.05, 4.69) is 42.8 Å². The van der Waals surface area contributed by atoms with Crippen molar-refractivity contribution in [1.82, 2.24) is 10.1 Å². The number of aromatic nitrogens is 2. The Kier molecular flexibility index (Phi) is 4.67. The summed E-state index contributed by atoms with van der Waals surface area (Å²) in [7, 11) is 0. The number of nitrogens with zero attached hydrogens (tertiary/aromatic N) is 2. The van der Waals surface area contributed by atoms with E-state index in [0.717, 1.165) is 17.5 Å². The van der Waals surface area contributed by atoms with Gasteiger partial charge in [-0.3, -0.25) is 0 Å². The van der Waals surface area contributed by atoms with Crippen molar-refractivity contribution in [3.05, 3.63) is 71.4 Å². The van der Waals surface area contributed by atoms with E-state index in [1.165, 1.54) is 12.1 Å². The summed E-state index contributed by atoms with van der Waals surface area (Å²) < 4.78 is 18.6. The molecule has 0 aliphatic heterocycles. The fourth-order valence-corrected chi connectivity index (χ4v) is 2.18. The lowest BCUT2D eigenvalue weighted by molar-refractivity contribution is 0.302. The van der Waals surface area contributed by atoms with Gasteiger partial charge >= 0.3 is 0 Å². The van der Waals surface area contributed by atoms with Crippen molar-refractivity contribution in [3.63, 3.8) is 0 Å². The molecule has 0 saturated heterocycles. The Bertz CT molecular complexity index is 930. The molecule has 0 fully saturated rings. The fraction of sp³-hybridized carbons (Fsp3) is 0.238. The van der Waals surface area contributed by atoms with E-state index in [4.69, 9.17) is 4.52 Å². The van der Waals surface area contributed by atoms with Crippen LogP contribution in [0.4, 0.5) is 4.39 Å². The molecule has 0 saturated carbocycles. The predicted octanol–water partition coefficient (Wildman–Crippen LogP) is 4.96. The minimum absolute atomic E-state index is 0.137. The lowest BCUT2D eigenvalue weighted by Crippen LogP contribution is -2.15. The third kappa shape index (κ3) is 3.95. The summed E-state index contributed by atoms with van der Waals surface area (Å²) in [6.07, 6.45) is 0.920. The van der Waals surface area contributed by atoms with Gasteiger partial charge in [0.1, 0.15) is 5.82 Å². The second-order valence-electron chi connectivity index (χ2n) is 6.50. The molecule has 1 heterocycles. The molecule has 126 valence electrons. The smallest absolute Gasteiger partial charge is 0.232 e. The zero-order valence-electron chi connectivity index (χ0n) is 14.5. The van der Waals surface area contributed by atoms with E-state index in [1.807, 2.05) is 24.3 Å². The first-order valence-corrected chi connectivity index (χ1v) is 8.20. The normalized spacial score (nSPS) is 11.0. The lowest BCUT2D eigenvalue weighted by Gasteiger charge is -2.15. The molecule has 3 aromatic rings. The number of hydrogen-bond donors (Lipinski definition) is 0. The van der Waals surface area contributed by atoms with Crippen molar-refractivity contribution in [2.24, 2.45) is 0 Å². The van der Waals surface area contributed by atoms with E-state index < -0.39 is 0 Å². The molecule has 4 heteroatoms. The highest BCUT2D eigenvalue weighted by molar-refractivity contribution is 5.56. The summed E-state index contributed by atoms with van der Waals surface area (Å²) >= 11 is 0. The van der Waals surface area contributed by atoms with Gasteiger partial charge < -0.3 is 4.52 Å². The largest absolute Gasteiger partial charge is 0.338 e. The zero-order chi connectivity index (χ0) is 17.9. The highest BCUT2D eigenvalue weighted by Gasteiger charge is 2.25. The first kappa shape index (κ1) is 16.9. The van der Waals surface area contributed by atoms with Gasteiger partial charge in [0.15, 0.2) is 0 Å². The van der Waals surface area contributed by atoms with Crippen molar-refractivity contribution in [2.45, 2.75) is 32.6 Å². The van der Waals surface area contributed by atoms with Crippen molar-refractivity contribution in [2.75, 3.05) is 0 Å². The predicted molar refractivity (Wildman–Crippen MR) is 95.4 cm³/mol. The molecular weight excluding hydrogens is 315 g/mol. The van der Waals surface area contributed by atoms with Crippen molar-refractivity contribution < 1.29 is 8.91 Å². The van der Waals surface area contributed by atoms with Gasteiger partial charge in [0.25, 0.3) is 0 Å². The van der Waals surface area contributed by atoms with Gasteiger partial charge in [0, 0.05) is 22.1 Å². The summed E-state index contributed by atoms with van der Waals surface area (Å²) in [5, 5.41) is 4.07. The number of benzene rings is 2. The van der Waals surface area contributed by atoms with Crippen LogP contribution in [0, 0.1) is 17.7 Å². The third-order valence-corrected chi connectivity index (χ3v) is 4.21. The van der Waals surface area contributed by atoms with Gasteiger partial charge in [-0.15, -0.1) is 0 Å². The Hall–Kier alpha value is -2.93. The van der Waals surface area contributed by atoms with E-state index in [0.29, 0.717) is 17.3 Å². The summed E-state index contributed by atoms with van der Waals surface area (Å²) in [6, 6.07) is 13.8. The number of hydrogen-bond acceptors (Lipinski definition) is 3. The van der Waals surface area contributed by atoms with Gasteiger partial charge in [-0.1, -0.05) is 43.8 Å². The fourth-order valence-electron chi connectivity index (χ4n) is 2.18. The van der Waals surface area contributed by atoms with Crippen LogP contribution < -0.4 is 0 Å². The molecule has 2 aromatic carbocycles. The Balaban J connectivity index is 1.79. The number of halogens is 1. The molecule has 0 spiro atoms. The van der Waals surface area contributed by atoms with Crippen LogP contribution in [0.15, 0.2) is 53.1 Å². The molecule has 0 amide bonds. The molecule has 0 aliphatic rings. The molecular formula is C21H19FN2O. The molecule has 0 N–H and O–H groups in total. The molecule has 25 heavy (non-hydrogen) atoms. The molecule has 0 atom stereocenters. The second kappa shape index (κ2) is 6.90. The summed E-state index contributed by atoms with van der Waals surface area (Å²) in [5.41, 5.74) is 2.22. The Morgan fingerprint density at radius 3 is 2.44 bits per heavy atom. The summed E-state index contributed by atoms with van der Waals surface area (Å²) in [6.45, 7) is 6.25. The first-order chi connectivity index (χ1) is 12.0. The topological polar surface area (TPSA) is 38.9 Å². The maximum Gasteiger partial charge on any atom is 0.232 e. The standard InChI is InChI=1S/C21H19FN2O/c1-4-21(2,3)20-23-19(24-25-20)17-12-10-15(11-13-17)8-9-16-6-5-7-18(22)14-16/h5-7,10-14H,4H2,1-3H3. The lowest BCUT2D eigenvalue weighted by atomic mass is 9.90. The van der Waals surface area contributed by atoms with Crippen LogP contribution in [-0.4, -0.2) is 10.1 Å². The molecule has 0 aliphatic carbocycles. The van der Waals surface area contributed by atoms with Gasteiger partial charge in [-0.05, 0) is 48.9 Å². The number of rotatable bonds is 3. The minimum Gasteiger partial charge on any atom is -0.338 e. The van der Waals surface area contributed by atoms with Gasteiger partial charge in [0.05, 0.1) is 0 Å². The van der Waals surface area contributed by atoms with Crippen LogP contribution in [0.25, 0.3) is 11.4 Å². The Morgan fingerprint density at radius 1 is 1.04 bits per heavy atom. The van der Waals surface area contributed by atoms with Gasteiger partial charge in [-0.25, -0.2) is 4.39 Å². The van der Waals surface area contributed by atoms with Gasteiger partial charge in [-0.2, -0.15) is 4.98 Å². The molecule has 0 radical (unpaired) electrons. The van der Waals surface area contributed by atoms with Crippen molar-refractivity contribution in [1.29, 1.82) is 0 Å². The van der Waals surface area contributed by atoms with Gasteiger partial charge in [0.2, 0.25) is 11.7 Å². The molecule has 3 rings (SSSR count). The average Bonchev–Trinajstić information content (AvgIpc) is 3.11. The van der Waals surface area contributed by atoms with Crippen LogP contribution in [0.2, 0.25) is 0 Å². The maximum atomic E-state index is 13.2. The molecule has 3 nitrogen and oxygen atoms in total. The average molecular weight is 334 g/mol. The highest BCUT2D eigenvalue weighted by atomic mass is 19.1. The minimum atomic E-state index is -0.287. The molecule has 0 bridgehead atoms. The Labute approximate surface area is 146 Å². The summed E-state index contributed by atoms with van der Waals surface area (Å²) in [4.78, 5) is 4.50. The molecule has 0 unspecified atom stereocenters. The van der Waals surface area contributed by atoms with E-state index >= 15 is 0 Å². The van der Waals surface area contributed by atoms with E-state index in [9.17, 15) is 4.39 Å². The van der Waals surface area contributed by atoms with E-state index in [-0.39, 0.29) is 11.2 Å². The van der Waals surface area contributed by atoms with Crippen LogP contribution in [-0.2, 0) is 5.41 Å². The van der Waals surface area contributed by atoms with Crippen LogP contribution in [0.5, 0.6) is 0 Å². The van der Waals surface area contributed by atoms with Crippen LogP contribution in [0.1, 0.15) is 44.2 Å².